The van der Waals surface area contributed by atoms with Crippen molar-refractivity contribution in [1.82, 2.24) is 0 Å². The third-order valence-corrected chi connectivity index (χ3v) is 1.90. The van der Waals surface area contributed by atoms with Crippen LogP contribution >= 0.6 is 0 Å². The van der Waals surface area contributed by atoms with Gasteiger partial charge in [0.25, 0.3) is 0 Å². The second-order valence-corrected chi connectivity index (χ2v) is 3.07. The number of ether oxygens (including phenoxy) is 1. The molecule has 1 N–H and O–H groups in total. The molecule has 94 valence electrons. The number of halogens is 4. The van der Waals surface area contributed by atoms with Crippen LogP contribution in [0.5, 0.6) is 5.75 Å². The van der Waals surface area contributed by atoms with Gasteiger partial charge in [-0.2, -0.15) is 13.2 Å². The normalized spacial score (nSPS) is 11.4. The van der Waals surface area contributed by atoms with E-state index in [0.29, 0.717) is 6.07 Å². The van der Waals surface area contributed by atoms with E-state index in [1.807, 2.05) is 0 Å². The zero-order valence-corrected chi connectivity index (χ0v) is 8.64. The van der Waals surface area contributed by atoms with Gasteiger partial charge in [0.2, 0.25) is 0 Å². The van der Waals surface area contributed by atoms with Crippen LogP contribution in [-0.4, -0.2) is 17.7 Å². The summed E-state index contributed by atoms with van der Waals surface area (Å²) in [5.74, 6) is -3.79. The zero-order valence-electron chi connectivity index (χ0n) is 8.64. The Labute approximate surface area is 93.6 Å². The van der Waals surface area contributed by atoms with Crippen LogP contribution in [0.1, 0.15) is 22.8 Å². The summed E-state index contributed by atoms with van der Waals surface area (Å²) in [6.45, 7) is 1.38. The number of carboxylic acids is 1. The van der Waals surface area contributed by atoms with Gasteiger partial charge >= 0.3 is 12.1 Å². The summed E-state index contributed by atoms with van der Waals surface area (Å²) >= 11 is 0. The Morgan fingerprint density at radius 3 is 2.41 bits per heavy atom. The van der Waals surface area contributed by atoms with Crippen LogP contribution in [-0.2, 0) is 6.18 Å². The van der Waals surface area contributed by atoms with Gasteiger partial charge in [0.05, 0.1) is 12.2 Å². The summed E-state index contributed by atoms with van der Waals surface area (Å²) < 4.78 is 55.0. The van der Waals surface area contributed by atoms with Gasteiger partial charge in [-0.3, -0.25) is 0 Å². The second-order valence-electron chi connectivity index (χ2n) is 3.07. The Morgan fingerprint density at radius 1 is 1.41 bits per heavy atom. The largest absolute Gasteiger partial charge is 0.493 e. The lowest BCUT2D eigenvalue weighted by Gasteiger charge is -2.12. The highest BCUT2D eigenvalue weighted by Crippen LogP contribution is 2.34. The lowest BCUT2D eigenvalue weighted by atomic mass is 10.1. The van der Waals surface area contributed by atoms with Crippen molar-refractivity contribution in [2.75, 3.05) is 6.61 Å². The summed E-state index contributed by atoms with van der Waals surface area (Å²) in [7, 11) is 0. The lowest BCUT2D eigenvalue weighted by molar-refractivity contribution is -0.137. The maximum absolute atomic E-state index is 13.3. The van der Waals surface area contributed by atoms with Gasteiger partial charge in [-0.1, -0.05) is 0 Å². The van der Waals surface area contributed by atoms with Crippen LogP contribution in [0.3, 0.4) is 0 Å². The summed E-state index contributed by atoms with van der Waals surface area (Å²) in [4.78, 5) is 10.7. The average Bonchev–Trinajstić information content (AvgIpc) is 2.15. The predicted octanol–water partition coefficient (Wildman–Crippen LogP) is 2.94. The van der Waals surface area contributed by atoms with E-state index in [1.165, 1.54) is 6.92 Å². The van der Waals surface area contributed by atoms with Gasteiger partial charge in [0.15, 0.2) is 0 Å². The number of aromatic carboxylic acids is 1. The minimum atomic E-state index is -4.76. The van der Waals surface area contributed by atoms with Crippen molar-refractivity contribution in [3.05, 3.63) is 29.1 Å². The monoisotopic (exact) mass is 252 g/mol. The molecule has 1 rings (SSSR count). The number of carbonyl (C=O) groups is 1. The molecule has 0 fully saturated rings. The van der Waals surface area contributed by atoms with Crippen molar-refractivity contribution in [1.29, 1.82) is 0 Å². The van der Waals surface area contributed by atoms with Crippen molar-refractivity contribution in [3.8, 4) is 5.75 Å². The quantitative estimate of drug-likeness (QED) is 0.841. The van der Waals surface area contributed by atoms with E-state index in [1.54, 1.807) is 0 Å². The molecule has 1 aromatic carbocycles. The second kappa shape index (κ2) is 4.60. The maximum Gasteiger partial charge on any atom is 0.416 e. The Morgan fingerprint density at radius 2 is 2.00 bits per heavy atom. The highest BCUT2D eigenvalue weighted by atomic mass is 19.4. The van der Waals surface area contributed by atoms with Crippen molar-refractivity contribution in [3.63, 3.8) is 0 Å². The molecule has 3 nitrogen and oxygen atoms in total. The fourth-order valence-electron chi connectivity index (χ4n) is 1.22. The van der Waals surface area contributed by atoms with Crippen LogP contribution < -0.4 is 4.74 Å². The van der Waals surface area contributed by atoms with E-state index >= 15 is 0 Å². The van der Waals surface area contributed by atoms with E-state index < -0.39 is 34.8 Å². The van der Waals surface area contributed by atoms with Gasteiger partial charge in [0, 0.05) is 0 Å². The molecule has 0 aliphatic carbocycles. The molecule has 0 bridgehead atoms. The molecule has 0 aliphatic heterocycles. The van der Waals surface area contributed by atoms with Crippen molar-refractivity contribution in [2.45, 2.75) is 13.1 Å². The van der Waals surface area contributed by atoms with E-state index in [9.17, 15) is 22.4 Å². The fraction of sp³-hybridized carbons (Fsp3) is 0.300. The third-order valence-electron chi connectivity index (χ3n) is 1.90. The molecule has 1 aromatic rings. The van der Waals surface area contributed by atoms with Gasteiger partial charge in [-0.15, -0.1) is 0 Å². The number of carboxylic acid groups (broad SMARTS) is 1. The van der Waals surface area contributed by atoms with Crippen LogP contribution in [0.25, 0.3) is 0 Å². The Bertz CT molecular complexity index is 440. The van der Waals surface area contributed by atoms with Crippen LogP contribution in [0, 0.1) is 5.82 Å². The van der Waals surface area contributed by atoms with Gasteiger partial charge < -0.3 is 9.84 Å². The van der Waals surface area contributed by atoms with E-state index in [0.717, 1.165) is 0 Å². The molecular formula is C10H8F4O3. The molecule has 0 heterocycles. The molecule has 0 amide bonds. The van der Waals surface area contributed by atoms with Crippen molar-refractivity contribution < 1.29 is 32.2 Å². The minimum absolute atomic E-state index is 0.0684. The Balaban J connectivity index is 3.41. The van der Waals surface area contributed by atoms with Crippen molar-refractivity contribution in [2.24, 2.45) is 0 Å². The topological polar surface area (TPSA) is 46.5 Å². The lowest BCUT2D eigenvalue weighted by Crippen LogP contribution is -2.11. The van der Waals surface area contributed by atoms with Gasteiger partial charge in [-0.05, 0) is 19.1 Å². The summed E-state index contributed by atoms with van der Waals surface area (Å²) in [5, 5.41) is 8.67. The number of alkyl halides is 3. The highest BCUT2D eigenvalue weighted by Gasteiger charge is 2.33. The molecule has 0 saturated carbocycles. The molecule has 0 atom stereocenters. The smallest absolute Gasteiger partial charge is 0.416 e. The number of hydrogen-bond donors (Lipinski definition) is 1. The highest BCUT2D eigenvalue weighted by molar-refractivity contribution is 5.91. The fourth-order valence-corrected chi connectivity index (χ4v) is 1.22. The molecule has 0 spiro atoms. The van der Waals surface area contributed by atoms with Crippen LogP contribution in [0.2, 0.25) is 0 Å². The van der Waals surface area contributed by atoms with Gasteiger partial charge in [-0.25, -0.2) is 9.18 Å². The molecule has 0 aliphatic rings. The molecule has 0 aromatic heterocycles. The first-order valence-electron chi connectivity index (χ1n) is 4.54. The molecular weight excluding hydrogens is 244 g/mol. The SMILES string of the molecule is CCOc1cc(C(F)(F)F)cc(F)c1C(=O)O. The zero-order chi connectivity index (χ0) is 13.2. The molecule has 0 saturated heterocycles. The molecule has 17 heavy (non-hydrogen) atoms. The number of rotatable bonds is 3. The Hall–Kier alpha value is -1.79. The van der Waals surface area contributed by atoms with Crippen LogP contribution in [0.15, 0.2) is 12.1 Å². The molecule has 7 heteroatoms. The van der Waals surface area contributed by atoms with E-state index in [-0.39, 0.29) is 12.7 Å². The van der Waals surface area contributed by atoms with Gasteiger partial charge in [0.1, 0.15) is 17.1 Å². The van der Waals surface area contributed by atoms with E-state index in [4.69, 9.17) is 9.84 Å². The first-order chi connectivity index (χ1) is 7.77. The van der Waals surface area contributed by atoms with E-state index in [2.05, 4.69) is 0 Å². The average molecular weight is 252 g/mol. The summed E-state index contributed by atoms with van der Waals surface area (Å²) in [5.41, 5.74) is -2.19. The standard InChI is InChI=1S/C10H8F4O3/c1-2-17-7-4-5(10(12,13)14)3-6(11)8(7)9(15)16/h3-4H,2H2,1H3,(H,15,16). The first kappa shape index (κ1) is 13.3. The molecule has 0 unspecified atom stereocenters. The Kier molecular flexibility index (Phi) is 3.59. The van der Waals surface area contributed by atoms with Crippen molar-refractivity contribution >= 4 is 5.97 Å². The summed E-state index contributed by atoms with van der Waals surface area (Å²) in [6.07, 6.45) is -4.76. The predicted molar refractivity (Wildman–Crippen MR) is 49.5 cm³/mol. The number of hydrogen-bond acceptors (Lipinski definition) is 2. The minimum Gasteiger partial charge on any atom is -0.493 e. The molecule has 0 radical (unpaired) electrons. The maximum atomic E-state index is 13.3. The number of benzene rings is 1. The summed E-state index contributed by atoms with van der Waals surface area (Å²) in [6, 6.07) is 0.599. The van der Waals surface area contributed by atoms with Crippen LogP contribution in [0.4, 0.5) is 17.6 Å². The first-order valence-corrected chi connectivity index (χ1v) is 4.54. The third kappa shape index (κ3) is 2.86.